The normalized spacial score (nSPS) is 10.8. The molecule has 0 N–H and O–H groups in total. The molecule has 2 aromatic carbocycles. The Kier molecular flexibility index (Phi) is 2.52. The van der Waals surface area contributed by atoms with Crippen LogP contribution >= 0.6 is 0 Å². The van der Waals surface area contributed by atoms with Gasteiger partial charge in [0.2, 0.25) is 0 Å². The zero-order valence-electron chi connectivity index (χ0n) is 10.5. The maximum absolute atomic E-state index is 4.58. The summed E-state index contributed by atoms with van der Waals surface area (Å²) in [6.45, 7) is 0. The number of nitrogens with zero attached hydrogens (tertiary/aromatic N) is 3. The summed E-state index contributed by atoms with van der Waals surface area (Å²) in [6.07, 6.45) is 2.07. The Hall–Kier alpha value is -2.29. The fourth-order valence-electron chi connectivity index (χ4n) is 2.00. The Morgan fingerprint density at radius 3 is 2.50 bits per heavy atom. The number of benzene rings is 2. The molecular formula is C15H15N3. The SMILES string of the molecule is CN(C)c1ccc2nn(-c3ccccc3)cc2c1. The molecule has 0 atom stereocenters. The van der Waals surface area contributed by atoms with Crippen molar-refractivity contribution in [2.45, 2.75) is 0 Å². The molecule has 0 spiro atoms. The molecule has 3 heteroatoms. The third-order valence-electron chi connectivity index (χ3n) is 3.03. The van der Waals surface area contributed by atoms with Crippen molar-refractivity contribution in [3.05, 3.63) is 54.7 Å². The van der Waals surface area contributed by atoms with Crippen LogP contribution in [0, 0.1) is 0 Å². The fourth-order valence-corrected chi connectivity index (χ4v) is 2.00. The highest BCUT2D eigenvalue weighted by Crippen LogP contribution is 2.21. The lowest BCUT2D eigenvalue weighted by molar-refractivity contribution is 0.896. The van der Waals surface area contributed by atoms with Crippen LogP contribution in [0.4, 0.5) is 5.69 Å². The lowest BCUT2D eigenvalue weighted by Gasteiger charge is -2.11. The van der Waals surface area contributed by atoms with Crippen LogP contribution in [0.25, 0.3) is 16.6 Å². The standard InChI is InChI=1S/C15H15N3/c1-17(2)14-8-9-15-12(10-14)11-18(16-15)13-6-4-3-5-7-13/h3-11H,1-2H3. The second-order valence-electron chi connectivity index (χ2n) is 4.55. The van der Waals surface area contributed by atoms with Gasteiger partial charge in [0.05, 0.1) is 11.2 Å². The molecule has 1 aromatic heterocycles. The molecule has 18 heavy (non-hydrogen) atoms. The van der Waals surface area contributed by atoms with Gasteiger partial charge in [-0.2, -0.15) is 5.10 Å². The van der Waals surface area contributed by atoms with E-state index in [4.69, 9.17) is 0 Å². The summed E-state index contributed by atoms with van der Waals surface area (Å²) in [7, 11) is 4.09. The van der Waals surface area contributed by atoms with Crippen molar-refractivity contribution in [1.82, 2.24) is 9.78 Å². The molecule has 0 amide bonds. The van der Waals surface area contributed by atoms with Gasteiger partial charge >= 0.3 is 0 Å². The van der Waals surface area contributed by atoms with Crippen molar-refractivity contribution in [3.8, 4) is 5.69 Å². The average molecular weight is 237 g/mol. The summed E-state index contributed by atoms with van der Waals surface area (Å²) in [5.74, 6) is 0. The lowest BCUT2D eigenvalue weighted by atomic mass is 10.2. The van der Waals surface area contributed by atoms with Crippen LogP contribution in [0.3, 0.4) is 0 Å². The van der Waals surface area contributed by atoms with E-state index in [9.17, 15) is 0 Å². The number of hydrogen-bond acceptors (Lipinski definition) is 2. The molecular weight excluding hydrogens is 222 g/mol. The molecule has 1 heterocycles. The quantitative estimate of drug-likeness (QED) is 0.683. The van der Waals surface area contributed by atoms with Gasteiger partial charge in [-0.05, 0) is 30.3 Å². The number of para-hydroxylation sites is 1. The zero-order valence-corrected chi connectivity index (χ0v) is 10.5. The Labute approximate surface area is 106 Å². The van der Waals surface area contributed by atoms with E-state index >= 15 is 0 Å². The van der Waals surface area contributed by atoms with Crippen molar-refractivity contribution in [2.75, 3.05) is 19.0 Å². The lowest BCUT2D eigenvalue weighted by Crippen LogP contribution is -2.07. The first-order chi connectivity index (χ1) is 8.74. The molecule has 3 nitrogen and oxygen atoms in total. The molecule has 0 aliphatic rings. The summed E-state index contributed by atoms with van der Waals surface area (Å²) in [6, 6.07) is 16.5. The Morgan fingerprint density at radius 2 is 1.78 bits per heavy atom. The van der Waals surface area contributed by atoms with E-state index in [0.29, 0.717) is 0 Å². The maximum atomic E-state index is 4.58. The predicted molar refractivity (Wildman–Crippen MR) is 75.4 cm³/mol. The van der Waals surface area contributed by atoms with Gasteiger partial charge in [0.1, 0.15) is 0 Å². The third kappa shape index (κ3) is 1.84. The minimum Gasteiger partial charge on any atom is -0.378 e. The van der Waals surface area contributed by atoms with Gasteiger partial charge in [-0.3, -0.25) is 0 Å². The first kappa shape index (κ1) is 10.8. The van der Waals surface area contributed by atoms with Gasteiger partial charge in [0, 0.05) is 31.4 Å². The van der Waals surface area contributed by atoms with E-state index in [2.05, 4.69) is 46.5 Å². The minimum atomic E-state index is 1.02. The highest BCUT2D eigenvalue weighted by atomic mass is 15.3. The van der Waals surface area contributed by atoms with Crippen LogP contribution in [-0.2, 0) is 0 Å². The zero-order chi connectivity index (χ0) is 12.5. The van der Waals surface area contributed by atoms with E-state index < -0.39 is 0 Å². The summed E-state index contributed by atoms with van der Waals surface area (Å²) in [5, 5.41) is 5.74. The Balaban J connectivity index is 2.11. The van der Waals surface area contributed by atoms with E-state index in [1.165, 1.54) is 5.69 Å². The summed E-state index contributed by atoms with van der Waals surface area (Å²) in [4.78, 5) is 2.10. The van der Waals surface area contributed by atoms with Crippen molar-refractivity contribution in [2.24, 2.45) is 0 Å². The predicted octanol–water partition coefficient (Wildman–Crippen LogP) is 3.09. The van der Waals surface area contributed by atoms with Crippen LogP contribution in [0.2, 0.25) is 0 Å². The molecule has 0 aliphatic heterocycles. The fraction of sp³-hybridized carbons (Fsp3) is 0.133. The number of rotatable bonds is 2. The third-order valence-corrected chi connectivity index (χ3v) is 3.03. The van der Waals surface area contributed by atoms with Crippen molar-refractivity contribution in [1.29, 1.82) is 0 Å². The summed E-state index contributed by atoms with van der Waals surface area (Å²) in [5.41, 5.74) is 3.29. The van der Waals surface area contributed by atoms with Crippen molar-refractivity contribution in [3.63, 3.8) is 0 Å². The maximum Gasteiger partial charge on any atom is 0.0929 e. The second-order valence-corrected chi connectivity index (χ2v) is 4.55. The molecule has 90 valence electrons. The molecule has 0 aliphatic carbocycles. The van der Waals surface area contributed by atoms with E-state index in [1.54, 1.807) is 0 Å². The monoisotopic (exact) mass is 237 g/mol. The van der Waals surface area contributed by atoms with Crippen LogP contribution in [0.15, 0.2) is 54.7 Å². The van der Waals surface area contributed by atoms with Gasteiger partial charge in [0.15, 0.2) is 0 Å². The topological polar surface area (TPSA) is 21.1 Å². The van der Waals surface area contributed by atoms with Crippen LogP contribution in [0.1, 0.15) is 0 Å². The molecule has 0 saturated heterocycles. The molecule has 0 radical (unpaired) electrons. The van der Waals surface area contributed by atoms with Gasteiger partial charge in [-0.15, -0.1) is 0 Å². The van der Waals surface area contributed by atoms with E-state index in [1.807, 2.05) is 37.0 Å². The van der Waals surface area contributed by atoms with Gasteiger partial charge < -0.3 is 4.90 Å². The van der Waals surface area contributed by atoms with Crippen molar-refractivity contribution >= 4 is 16.6 Å². The van der Waals surface area contributed by atoms with Crippen LogP contribution < -0.4 is 4.90 Å². The molecule has 3 rings (SSSR count). The summed E-state index contributed by atoms with van der Waals surface area (Å²) < 4.78 is 1.92. The molecule has 0 fully saturated rings. The van der Waals surface area contributed by atoms with Gasteiger partial charge in [-0.25, -0.2) is 4.68 Å². The summed E-state index contributed by atoms with van der Waals surface area (Å²) >= 11 is 0. The first-order valence-electron chi connectivity index (χ1n) is 5.96. The molecule has 3 aromatic rings. The Bertz CT molecular complexity index is 669. The van der Waals surface area contributed by atoms with E-state index in [-0.39, 0.29) is 0 Å². The van der Waals surface area contributed by atoms with Crippen LogP contribution in [0.5, 0.6) is 0 Å². The van der Waals surface area contributed by atoms with Crippen LogP contribution in [-0.4, -0.2) is 23.9 Å². The molecule has 0 saturated carbocycles. The average Bonchev–Trinajstić information content (AvgIpc) is 2.82. The molecule has 0 unspecified atom stereocenters. The number of aromatic nitrogens is 2. The number of fused-ring (bicyclic) bond motifs is 1. The highest BCUT2D eigenvalue weighted by molar-refractivity contribution is 5.82. The minimum absolute atomic E-state index is 1.02. The first-order valence-corrected chi connectivity index (χ1v) is 5.96. The van der Waals surface area contributed by atoms with Gasteiger partial charge in [-0.1, -0.05) is 18.2 Å². The number of hydrogen-bond donors (Lipinski definition) is 0. The highest BCUT2D eigenvalue weighted by Gasteiger charge is 2.04. The molecule has 0 bridgehead atoms. The van der Waals surface area contributed by atoms with Gasteiger partial charge in [0.25, 0.3) is 0 Å². The smallest absolute Gasteiger partial charge is 0.0929 e. The Morgan fingerprint density at radius 1 is 1.00 bits per heavy atom. The van der Waals surface area contributed by atoms with Crippen molar-refractivity contribution < 1.29 is 0 Å². The largest absolute Gasteiger partial charge is 0.378 e. The second kappa shape index (κ2) is 4.18. The van der Waals surface area contributed by atoms with E-state index in [0.717, 1.165) is 16.6 Å². The number of anilines is 1.